The van der Waals surface area contributed by atoms with Crippen LogP contribution in [0, 0.1) is 12.3 Å². The number of hydrogen-bond donors (Lipinski definition) is 1. The van der Waals surface area contributed by atoms with Gasteiger partial charge in [-0.05, 0) is 69.2 Å². The van der Waals surface area contributed by atoms with Gasteiger partial charge in [-0.2, -0.15) is 0 Å². The van der Waals surface area contributed by atoms with Crippen molar-refractivity contribution in [1.29, 1.82) is 0 Å². The van der Waals surface area contributed by atoms with Gasteiger partial charge in [-0.3, -0.25) is 9.69 Å². The van der Waals surface area contributed by atoms with Crippen LogP contribution in [0.25, 0.3) is 0 Å². The van der Waals surface area contributed by atoms with Crippen LogP contribution in [0.5, 0.6) is 0 Å². The van der Waals surface area contributed by atoms with Crippen LogP contribution < -0.4 is 9.62 Å². The van der Waals surface area contributed by atoms with Crippen molar-refractivity contribution in [3.63, 3.8) is 0 Å². The summed E-state index contributed by atoms with van der Waals surface area (Å²) in [6.45, 7) is 12.8. The topological polar surface area (TPSA) is 79.0 Å². The van der Waals surface area contributed by atoms with Crippen LogP contribution in [-0.4, -0.2) is 65.2 Å². The maximum absolute atomic E-state index is 13.2. The van der Waals surface area contributed by atoms with E-state index in [0.717, 1.165) is 62.5 Å². The fourth-order valence-corrected chi connectivity index (χ4v) is 5.99. The Morgan fingerprint density at radius 2 is 1.83 bits per heavy atom. The molecule has 2 aliphatic heterocycles. The molecule has 3 aliphatic rings. The zero-order valence-electron chi connectivity index (χ0n) is 18.5. The monoisotopic (exact) mass is 435 g/mol. The second kappa shape index (κ2) is 7.58. The Bertz CT molecular complexity index is 947. The molecule has 1 aliphatic carbocycles. The highest BCUT2D eigenvalue weighted by Gasteiger charge is 2.46. The van der Waals surface area contributed by atoms with Gasteiger partial charge in [0.2, 0.25) is 15.9 Å². The normalized spacial score (nSPS) is 22.9. The first-order valence-electron chi connectivity index (χ1n) is 10.9. The second-order valence-electron chi connectivity index (χ2n) is 9.52. The molecule has 1 saturated carbocycles. The molecule has 8 heteroatoms. The van der Waals surface area contributed by atoms with E-state index in [0.29, 0.717) is 13.1 Å². The van der Waals surface area contributed by atoms with Crippen LogP contribution >= 0.6 is 0 Å². The number of amides is 1. The summed E-state index contributed by atoms with van der Waals surface area (Å²) in [5.41, 5.74) is 1.78. The number of nitrogens with zero attached hydrogens (tertiary/aromatic N) is 2. The fourth-order valence-electron chi connectivity index (χ4n) is 4.72. The predicted molar refractivity (Wildman–Crippen MR) is 116 cm³/mol. The summed E-state index contributed by atoms with van der Waals surface area (Å²) in [5.74, 6) is 0.0213. The van der Waals surface area contributed by atoms with Crippen LogP contribution in [0.4, 0.5) is 5.69 Å². The lowest BCUT2D eigenvalue weighted by molar-refractivity contribution is -0.122. The number of sulfonamides is 1. The molecule has 0 spiro atoms. The van der Waals surface area contributed by atoms with Crippen molar-refractivity contribution in [1.82, 2.24) is 9.62 Å². The Hall–Kier alpha value is -1.48. The van der Waals surface area contributed by atoms with Gasteiger partial charge in [0.05, 0.1) is 29.2 Å². The Balaban J connectivity index is 1.53. The first kappa shape index (κ1) is 21.7. The third-order valence-electron chi connectivity index (χ3n) is 6.88. The van der Waals surface area contributed by atoms with Crippen molar-refractivity contribution in [2.45, 2.75) is 50.8 Å². The molecule has 1 saturated heterocycles. The lowest BCUT2D eigenvalue weighted by atomic mass is 9.85. The quantitative estimate of drug-likeness (QED) is 0.709. The van der Waals surface area contributed by atoms with Gasteiger partial charge in [0.15, 0.2) is 0 Å². The van der Waals surface area contributed by atoms with Gasteiger partial charge >= 0.3 is 0 Å². The van der Waals surface area contributed by atoms with Crippen molar-refractivity contribution < 1.29 is 17.9 Å². The van der Waals surface area contributed by atoms with Crippen LogP contribution in [0.2, 0.25) is 0 Å². The Morgan fingerprint density at radius 1 is 1.17 bits per heavy atom. The molecular weight excluding hydrogens is 402 g/mol. The average Bonchev–Trinajstić information content (AvgIpc) is 3.44. The van der Waals surface area contributed by atoms with Crippen molar-refractivity contribution in [3.05, 3.63) is 23.3 Å². The summed E-state index contributed by atoms with van der Waals surface area (Å²) in [4.78, 5) is 17.2. The maximum atomic E-state index is 13.2. The number of rotatable bonds is 7. The molecule has 0 radical (unpaired) electrons. The molecule has 7 nitrogen and oxygen atoms in total. The number of aryl methyl sites for hydroxylation is 1. The van der Waals surface area contributed by atoms with Gasteiger partial charge in [-0.1, -0.05) is 0 Å². The van der Waals surface area contributed by atoms with Crippen LogP contribution in [0.3, 0.4) is 0 Å². The van der Waals surface area contributed by atoms with Gasteiger partial charge < -0.3 is 9.64 Å². The van der Waals surface area contributed by atoms with E-state index in [2.05, 4.69) is 9.62 Å². The number of ether oxygens (including phenoxy) is 1. The highest BCUT2D eigenvalue weighted by molar-refractivity contribution is 7.89. The van der Waals surface area contributed by atoms with E-state index in [1.165, 1.54) is 0 Å². The molecule has 0 bridgehead atoms. The Kier molecular flexibility index (Phi) is 5.50. The highest BCUT2D eigenvalue weighted by atomic mass is 32.2. The summed E-state index contributed by atoms with van der Waals surface area (Å²) in [6.07, 6.45) is 2.09. The van der Waals surface area contributed by atoms with Gasteiger partial charge in [-0.25, -0.2) is 13.1 Å². The largest absolute Gasteiger partial charge is 0.379 e. The van der Waals surface area contributed by atoms with Crippen LogP contribution in [0.1, 0.15) is 44.7 Å². The third-order valence-corrected chi connectivity index (χ3v) is 8.26. The van der Waals surface area contributed by atoms with Crippen molar-refractivity contribution in [3.8, 4) is 0 Å². The van der Waals surface area contributed by atoms with E-state index in [1.54, 1.807) is 17.0 Å². The molecule has 2 fully saturated rings. The zero-order chi connectivity index (χ0) is 21.7. The van der Waals surface area contributed by atoms with Gasteiger partial charge in [0, 0.05) is 32.7 Å². The van der Waals surface area contributed by atoms with E-state index in [9.17, 15) is 13.2 Å². The van der Waals surface area contributed by atoms with E-state index in [-0.39, 0.29) is 16.2 Å². The molecule has 166 valence electrons. The molecule has 0 aromatic heterocycles. The van der Waals surface area contributed by atoms with Crippen LogP contribution in [-0.2, 0) is 25.0 Å². The zero-order valence-corrected chi connectivity index (χ0v) is 19.3. The van der Waals surface area contributed by atoms with Gasteiger partial charge in [0.1, 0.15) is 0 Å². The maximum Gasteiger partial charge on any atom is 0.240 e. The first-order valence-corrected chi connectivity index (χ1v) is 12.3. The molecule has 1 amide bonds. The molecule has 1 N–H and O–H groups in total. The molecule has 1 aromatic carbocycles. The van der Waals surface area contributed by atoms with E-state index in [1.807, 2.05) is 27.7 Å². The fraction of sp³-hybridized carbons (Fsp3) is 0.682. The minimum atomic E-state index is -3.65. The molecule has 1 aromatic rings. The van der Waals surface area contributed by atoms with E-state index < -0.39 is 15.4 Å². The van der Waals surface area contributed by atoms with Crippen LogP contribution in [0.15, 0.2) is 17.0 Å². The predicted octanol–water partition coefficient (Wildman–Crippen LogP) is 2.03. The molecular formula is C22H33N3O4S. The summed E-state index contributed by atoms with van der Waals surface area (Å²) in [6, 6.07) is 3.39. The summed E-state index contributed by atoms with van der Waals surface area (Å²) >= 11 is 0. The minimum Gasteiger partial charge on any atom is -0.379 e. The first-order chi connectivity index (χ1) is 14.1. The smallest absolute Gasteiger partial charge is 0.240 e. The number of nitrogens with one attached hydrogen (secondary N) is 1. The number of carbonyl (C=O) groups excluding carboxylic acids is 1. The van der Waals surface area contributed by atoms with E-state index >= 15 is 0 Å². The number of anilines is 1. The lowest BCUT2D eigenvalue weighted by Gasteiger charge is -2.30. The highest BCUT2D eigenvalue weighted by Crippen LogP contribution is 2.47. The number of morpholine rings is 1. The van der Waals surface area contributed by atoms with Gasteiger partial charge in [-0.15, -0.1) is 0 Å². The summed E-state index contributed by atoms with van der Waals surface area (Å²) < 4.78 is 34.6. The molecule has 2 heterocycles. The molecule has 30 heavy (non-hydrogen) atoms. The minimum absolute atomic E-state index is 0.0213. The third kappa shape index (κ3) is 3.79. The lowest BCUT2D eigenvalue weighted by Crippen LogP contribution is -2.43. The van der Waals surface area contributed by atoms with Crippen molar-refractivity contribution in [2.75, 3.05) is 50.8 Å². The second-order valence-corrected chi connectivity index (χ2v) is 11.3. The molecule has 4 rings (SSSR count). The molecule has 0 atom stereocenters. The summed E-state index contributed by atoms with van der Waals surface area (Å²) in [5, 5.41) is 0. The number of carbonyl (C=O) groups is 1. The standard InChI is InChI=1S/C22H33N3O4S/c1-5-25-19-16(2)12-17(13-18(19)21(3,4)20(25)26)30(27,28)23-14-22(6-7-22)15-24-8-10-29-11-9-24/h12-13,23H,5-11,14-15H2,1-4H3. The summed E-state index contributed by atoms with van der Waals surface area (Å²) in [7, 11) is -3.65. The van der Waals surface area contributed by atoms with Crippen molar-refractivity contribution >= 4 is 21.6 Å². The number of benzene rings is 1. The Labute approximate surface area is 179 Å². The SMILES string of the molecule is CCN1C(=O)C(C)(C)c2cc(S(=O)(=O)NCC3(CN4CCOCC4)CC3)cc(C)c21. The van der Waals surface area contributed by atoms with E-state index in [4.69, 9.17) is 4.74 Å². The Morgan fingerprint density at radius 3 is 2.43 bits per heavy atom. The average molecular weight is 436 g/mol. The van der Waals surface area contributed by atoms with Gasteiger partial charge in [0.25, 0.3) is 0 Å². The number of fused-ring (bicyclic) bond motifs is 1. The number of likely N-dealkylation sites (N-methyl/N-ethyl adjacent to an activating group) is 1. The number of hydrogen-bond acceptors (Lipinski definition) is 5. The molecule has 0 unspecified atom stereocenters. The van der Waals surface area contributed by atoms with Crippen molar-refractivity contribution in [2.24, 2.45) is 5.41 Å².